The van der Waals surface area contributed by atoms with Gasteiger partial charge in [-0.3, -0.25) is 0 Å². The standard InChI is InChI=1S/C16H25NO/c1-3-17-15(16-11(2)6-7-18-16)10-14-9-12-4-5-13(14)8-12/h6-7,12-15,17H,3-5,8-10H2,1-2H3. The van der Waals surface area contributed by atoms with E-state index in [0.29, 0.717) is 6.04 Å². The molecule has 100 valence electrons. The minimum Gasteiger partial charge on any atom is -0.467 e. The Morgan fingerprint density at radius 1 is 1.39 bits per heavy atom. The number of nitrogens with one attached hydrogen (secondary N) is 1. The van der Waals surface area contributed by atoms with E-state index in [1.165, 1.54) is 43.4 Å². The average molecular weight is 247 g/mol. The Kier molecular flexibility index (Phi) is 3.47. The van der Waals surface area contributed by atoms with Crippen LogP contribution in [-0.2, 0) is 0 Å². The van der Waals surface area contributed by atoms with Gasteiger partial charge in [0.1, 0.15) is 5.76 Å². The molecule has 1 aromatic rings. The zero-order chi connectivity index (χ0) is 12.5. The van der Waals surface area contributed by atoms with Gasteiger partial charge in [0.05, 0.1) is 12.3 Å². The van der Waals surface area contributed by atoms with Crippen molar-refractivity contribution >= 4 is 0 Å². The Labute approximate surface area is 110 Å². The van der Waals surface area contributed by atoms with Crippen LogP contribution in [0.25, 0.3) is 0 Å². The van der Waals surface area contributed by atoms with Crippen LogP contribution in [0, 0.1) is 24.7 Å². The topological polar surface area (TPSA) is 25.2 Å². The van der Waals surface area contributed by atoms with Crippen LogP contribution in [0.15, 0.2) is 16.7 Å². The number of hydrogen-bond acceptors (Lipinski definition) is 2. The SMILES string of the molecule is CCNC(CC1CC2CCC1C2)c1occc1C. The molecule has 18 heavy (non-hydrogen) atoms. The van der Waals surface area contributed by atoms with E-state index in [1.807, 2.05) is 6.26 Å². The maximum absolute atomic E-state index is 5.71. The van der Waals surface area contributed by atoms with Crippen LogP contribution in [0.4, 0.5) is 0 Å². The molecule has 3 rings (SSSR count). The average Bonchev–Trinajstić information content (AvgIpc) is 3.04. The van der Waals surface area contributed by atoms with E-state index in [1.54, 1.807) is 0 Å². The fourth-order valence-corrected chi connectivity index (χ4v) is 4.24. The van der Waals surface area contributed by atoms with E-state index in [2.05, 4.69) is 25.2 Å². The Hall–Kier alpha value is -0.760. The van der Waals surface area contributed by atoms with Gasteiger partial charge in [0.15, 0.2) is 0 Å². The molecule has 2 nitrogen and oxygen atoms in total. The van der Waals surface area contributed by atoms with Crippen molar-refractivity contribution in [3.05, 3.63) is 23.7 Å². The molecule has 2 saturated carbocycles. The van der Waals surface area contributed by atoms with Gasteiger partial charge in [0, 0.05) is 0 Å². The lowest BCUT2D eigenvalue weighted by Crippen LogP contribution is -2.25. The molecule has 2 heteroatoms. The lowest BCUT2D eigenvalue weighted by Gasteiger charge is -2.26. The van der Waals surface area contributed by atoms with Gasteiger partial charge in [0.2, 0.25) is 0 Å². The summed E-state index contributed by atoms with van der Waals surface area (Å²) < 4.78 is 5.71. The van der Waals surface area contributed by atoms with Crippen molar-refractivity contribution in [3.8, 4) is 0 Å². The van der Waals surface area contributed by atoms with Crippen molar-refractivity contribution in [1.82, 2.24) is 5.32 Å². The number of furan rings is 1. The highest BCUT2D eigenvalue weighted by Crippen LogP contribution is 2.51. The second-order valence-corrected chi connectivity index (χ2v) is 6.25. The van der Waals surface area contributed by atoms with Gasteiger partial charge in [-0.1, -0.05) is 13.3 Å². The lowest BCUT2D eigenvalue weighted by molar-refractivity contribution is 0.264. The first-order valence-corrected chi connectivity index (χ1v) is 7.55. The zero-order valence-electron chi connectivity index (χ0n) is 11.6. The summed E-state index contributed by atoms with van der Waals surface area (Å²) in [5.41, 5.74) is 1.30. The molecule has 2 aliphatic rings. The molecule has 0 radical (unpaired) electrons. The quantitative estimate of drug-likeness (QED) is 0.848. The summed E-state index contributed by atoms with van der Waals surface area (Å²) in [7, 11) is 0. The van der Waals surface area contributed by atoms with E-state index < -0.39 is 0 Å². The van der Waals surface area contributed by atoms with Gasteiger partial charge >= 0.3 is 0 Å². The summed E-state index contributed by atoms with van der Waals surface area (Å²) in [6, 6.07) is 2.51. The Morgan fingerprint density at radius 2 is 2.28 bits per heavy atom. The molecule has 0 amide bonds. The van der Waals surface area contributed by atoms with Gasteiger partial charge in [-0.15, -0.1) is 0 Å². The smallest absolute Gasteiger partial charge is 0.123 e. The van der Waals surface area contributed by atoms with Crippen molar-refractivity contribution in [3.63, 3.8) is 0 Å². The molecule has 2 bridgehead atoms. The molecular weight excluding hydrogens is 222 g/mol. The second-order valence-electron chi connectivity index (χ2n) is 6.25. The summed E-state index contributed by atoms with van der Waals surface area (Å²) in [5, 5.41) is 3.62. The van der Waals surface area contributed by atoms with Crippen molar-refractivity contribution < 1.29 is 4.42 Å². The van der Waals surface area contributed by atoms with Gasteiger partial charge in [-0.25, -0.2) is 0 Å². The van der Waals surface area contributed by atoms with E-state index >= 15 is 0 Å². The number of rotatable bonds is 5. The molecule has 1 N–H and O–H groups in total. The number of fused-ring (bicyclic) bond motifs is 2. The van der Waals surface area contributed by atoms with Gasteiger partial charge in [-0.05, 0) is 68.5 Å². The first kappa shape index (κ1) is 12.3. The summed E-state index contributed by atoms with van der Waals surface area (Å²) in [5.74, 6) is 4.14. The number of hydrogen-bond donors (Lipinski definition) is 1. The molecule has 0 aliphatic heterocycles. The minimum atomic E-state index is 0.425. The van der Waals surface area contributed by atoms with E-state index in [-0.39, 0.29) is 0 Å². The van der Waals surface area contributed by atoms with Crippen LogP contribution in [0.2, 0.25) is 0 Å². The predicted octanol–water partition coefficient (Wildman–Crippen LogP) is 4.06. The Bertz CT molecular complexity index is 398. The van der Waals surface area contributed by atoms with Crippen LogP contribution in [0.1, 0.15) is 56.4 Å². The Balaban J connectivity index is 1.69. The van der Waals surface area contributed by atoms with Crippen LogP contribution in [0.3, 0.4) is 0 Å². The summed E-state index contributed by atoms with van der Waals surface area (Å²) in [6.45, 7) is 5.36. The van der Waals surface area contributed by atoms with E-state index in [9.17, 15) is 0 Å². The van der Waals surface area contributed by atoms with Gasteiger partial charge in [0.25, 0.3) is 0 Å². The first-order valence-electron chi connectivity index (χ1n) is 7.55. The zero-order valence-corrected chi connectivity index (χ0v) is 11.6. The third-order valence-corrected chi connectivity index (χ3v) is 5.09. The lowest BCUT2D eigenvalue weighted by atomic mass is 9.83. The normalized spacial score (nSPS) is 32.0. The van der Waals surface area contributed by atoms with Crippen LogP contribution >= 0.6 is 0 Å². The van der Waals surface area contributed by atoms with Gasteiger partial charge < -0.3 is 9.73 Å². The summed E-state index contributed by atoms with van der Waals surface area (Å²) >= 11 is 0. The summed E-state index contributed by atoms with van der Waals surface area (Å²) in [4.78, 5) is 0. The minimum absolute atomic E-state index is 0.425. The third-order valence-electron chi connectivity index (χ3n) is 5.09. The molecule has 0 saturated heterocycles. The molecule has 1 heterocycles. The van der Waals surface area contributed by atoms with Gasteiger partial charge in [-0.2, -0.15) is 0 Å². The number of aryl methyl sites for hydroxylation is 1. The molecule has 2 aliphatic carbocycles. The molecule has 4 unspecified atom stereocenters. The Morgan fingerprint density at radius 3 is 2.83 bits per heavy atom. The van der Waals surface area contributed by atoms with Crippen LogP contribution < -0.4 is 5.32 Å². The summed E-state index contributed by atoms with van der Waals surface area (Å²) in [6.07, 6.45) is 9.03. The molecule has 2 fully saturated rings. The highest BCUT2D eigenvalue weighted by Gasteiger charge is 2.40. The van der Waals surface area contributed by atoms with Crippen molar-refractivity contribution in [1.29, 1.82) is 0 Å². The van der Waals surface area contributed by atoms with Crippen molar-refractivity contribution in [2.75, 3.05) is 6.54 Å². The molecule has 0 aromatic carbocycles. The second kappa shape index (κ2) is 5.08. The highest BCUT2D eigenvalue weighted by atomic mass is 16.3. The molecular formula is C16H25NO. The monoisotopic (exact) mass is 247 g/mol. The fourth-order valence-electron chi connectivity index (χ4n) is 4.24. The molecule has 4 atom stereocenters. The first-order chi connectivity index (χ1) is 8.78. The highest BCUT2D eigenvalue weighted by molar-refractivity contribution is 5.18. The molecule has 0 spiro atoms. The maximum atomic E-state index is 5.71. The van der Waals surface area contributed by atoms with Crippen LogP contribution in [0.5, 0.6) is 0 Å². The third kappa shape index (κ3) is 2.23. The predicted molar refractivity (Wildman–Crippen MR) is 73.4 cm³/mol. The van der Waals surface area contributed by atoms with Crippen molar-refractivity contribution in [2.24, 2.45) is 17.8 Å². The van der Waals surface area contributed by atoms with E-state index in [4.69, 9.17) is 4.42 Å². The fraction of sp³-hybridized carbons (Fsp3) is 0.750. The van der Waals surface area contributed by atoms with Crippen molar-refractivity contribution in [2.45, 2.75) is 52.0 Å². The molecule has 1 aromatic heterocycles. The maximum Gasteiger partial charge on any atom is 0.123 e. The van der Waals surface area contributed by atoms with E-state index in [0.717, 1.165) is 24.3 Å². The van der Waals surface area contributed by atoms with Crippen LogP contribution in [-0.4, -0.2) is 6.54 Å². The largest absolute Gasteiger partial charge is 0.467 e.